The van der Waals surface area contributed by atoms with Crippen molar-refractivity contribution in [3.63, 3.8) is 0 Å². The number of ether oxygens (including phenoxy) is 4. The van der Waals surface area contributed by atoms with Gasteiger partial charge in [-0.25, -0.2) is 0 Å². The molecule has 3 aliphatic carbocycles. The Morgan fingerprint density at radius 2 is 0.727 bits per heavy atom. The summed E-state index contributed by atoms with van der Waals surface area (Å²) in [6.45, 7) is 36.8. The van der Waals surface area contributed by atoms with Crippen molar-refractivity contribution >= 4 is 128 Å². The minimum absolute atomic E-state index is 0.0375. The number of rotatable bonds is 6. The molecule has 12 aliphatic heterocycles. The van der Waals surface area contributed by atoms with Gasteiger partial charge in [0.15, 0.2) is 0 Å². The first-order valence-corrected chi connectivity index (χ1v) is 41.9. The molecule has 0 bridgehead atoms. The molecular formula is C84H110B3Br2N5O16. The molecule has 4 amide bonds. The molecule has 11 fully saturated rings. The summed E-state index contributed by atoms with van der Waals surface area (Å²) in [6, 6.07) is 25.5. The third-order valence-corrected chi connectivity index (χ3v) is 29.2. The highest BCUT2D eigenvalue weighted by atomic mass is 79.9. The van der Waals surface area contributed by atoms with Gasteiger partial charge in [-0.15, -0.1) is 0 Å². The molecule has 4 aromatic rings. The third-order valence-electron chi connectivity index (χ3n) is 28.1. The molecule has 0 unspecified atom stereocenters. The number of nitrogens with zero attached hydrogens (tertiary/aromatic N) is 3. The topological polar surface area (TPSA) is 228 Å². The number of amides is 4. The van der Waals surface area contributed by atoms with Crippen LogP contribution in [0.1, 0.15) is 215 Å². The number of alkyl halides is 1. The highest BCUT2D eigenvalue weighted by Gasteiger charge is 2.61. The summed E-state index contributed by atoms with van der Waals surface area (Å²) >= 11 is 6.70. The molecule has 2 N–H and O–H groups in total. The summed E-state index contributed by atoms with van der Waals surface area (Å²) in [7, 11) is -1.31. The number of fused-ring (bicyclic) bond motifs is 8. The summed E-state index contributed by atoms with van der Waals surface area (Å²) in [5.41, 5.74) is 7.43. The zero-order valence-electron chi connectivity index (χ0n) is 66.8. The van der Waals surface area contributed by atoms with Crippen LogP contribution in [0, 0.1) is 5.41 Å². The predicted molar refractivity (Wildman–Crippen MR) is 432 cm³/mol. The minimum Gasteiger partial charge on any atom is -0.399 e. The highest BCUT2D eigenvalue weighted by molar-refractivity contribution is 9.10. The number of hydrogen-bond donors (Lipinski definition) is 2. The van der Waals surface area contributed by atoms with Gasteiger partial charge in [-0.1, -0.05) is 88.2 Å². The van der Waals surface area contributed by atoms with Gasteiger partial charge >= 0.3 is 21.4 Å². The average molecular weight is 1640 g/mol. The van der Waals surface area contributed by atoms with Crippen molar-refractivity contribution in [2.45, 2.75) is 271 Å². The van der Waals surface area contributed by atoms with Crippen molar-refractivity contribution in [2.24, 2.45) is 5.41 Å². The SMILES string of the molecule is CC1(C)CCN(C2CC(N3C(=O)C4(CCOCC4)c4ccc(B5OC(C)(C)C(C)(C)O5)cc43)C2)C1.CC1(C)OB(c2ccc3c(c2)N(C2CC(=O)C2)C(=O)C32CCOCC2)OC1(C)C.CC1(C)OB(c2ccc3c(c2)NC(=O)C32CCOCC2)OC1(C)C.O=C1CC(Br)C1.O=C1Nc2cc(Br)ccc2C12CCOCC2. The number of Topliss-reactive ketones (excluding diaryl/α,β-unsaturated/α-hetero) is 2. The first kappa shape index (κ1) is 80.0. The lowest BCUT2D eigenvalue weighted by atomic mass is 9.73. The zero-order chi connectivity index (χ0) is 78.3. The van der Waals surface area contributed by atoms with E-state index in [0.717, 1.165) is 125 Å². The standard InChI is InChI=1S/C28H41BN2O4.C22H28BNO5.C18H24BNO4.C12H12BrNO2.C4H5BrO/c1-25(2)9-12-30(18-25)20-16-21(17-20)31-23-15-19(29-34-26(3,4)27(5,6)35-29)7-8-22(23)28(24(31)32)10-13-33-14-11-28;1-20(2)21(3,4)29-23(28-20)14-5-6-17-18(11-14)24(15-12-16(25)13-15)19(26)22(17)7-9-27-10-8-22;1-16(2)17(3,4)24-19(23-16)12-5-6-13-14(11-12)20-15(21)18(13)7-9-22-10-8-18;13-8-1-2-9-10(7-8)14-11(15)12(9)3-5-16-6-4-12;5-3-1-4(6)2-3/h7-8,15,20-21H,9-14,16-18H2,1-6H3;5-6,11,15H,7-10,12-13H2,1-4H3;5-6,11H,7-10H2,1-4H3,(H,20,21);1-2,7H,3-6H2,(H,14,15);3H,1-2H2. The Morgan fingerprint density at radius 3 is 1.07 bits per heavy atom. The summed E-state index contributed by atoms with van der Waals surface area (Å²) in [6.07, 6.45) is 11.7. The maximum Gasteiger partial charge on any atom is 0.494 e. The Morgan fingerprint density at radius 1 is 0.391 bits per heavy atom. The molecule has 12 heterocycles. The van der Waals surface area contributed by atoms with E-state index in [1.54, 1.807) is 0 Å². The van der Waals surface area contributed by atoms with Crippen molar-refractivity contribution in [1.82, 2.24) is 4.90 Å². The smallest absolute Gasteiger partial charge is 0.399 e. The monoisotopic (exact) mass is 1640 g/mol. The fourth-order valence-electron chi connectivity index (χ4n) is 18.6. The van der Waals surface area contributed by atoms with Gasteiger partial charge in [0, 0.05) is 129 Å². The summed E-state index contributed by atoms with van der Waals surface area (Å²) in [4.78, 5) is 81.5. The van der Waals surface area contributed by atoms with Crippen LogP contribution in [0.5, 0.6) is 0 Å². The number of anilines is 4. The quantitative estimate of drug-likeness (QED) is 0.135. The highest BCUT2D eigenvalue weighted by Crippen LogP contribution is 2.54. The fraction of sp³-hybridized carbons (Fsp3) is 0.643. The van der Waals surface area contributed by atoms with Gasteiger partial charge in [-0.3, -0.25) is 33.7 Å². The molecule has 4 aromatic carbocycles. The van der Waals surface area contributed by atoms with E-state index in [9.17, 15) is 28.8 Å². The molecule has 110 heavy (non-hydrogen) atoms. The number of halogens is 2. The van der Waals surface area contributed by atoms with Crippen molar-refractivity contribution in [3.05, 3.63) is 99.5 Å². The number of ketones is 2. The third kappa shape index (κ3) is 14.1. The van der Waals surface area contributed by atoms with Crippen LogP contribution < -0.4 is 36.8 Å². The van der Waals surface area contributed by atoms with Crippen LogP contribution in [-0.4, -0.2) is 184 Å². The van der Waals surface area contributed by atoms with Gasteiger partial charge in [-0.05, 0) is 235 Å². The molecule has 0 radical (unpaired) electrons. The van der Waals surface area contributed by atoms with E-state index in [2.05, 4.69) is 124 Å². The molecule has 590 valence electrons. The van der Waals surface area contributed by atoms with Gasteiger partial charge in [0.25, 0.3) is 0 Å². The number of benzene rings is 4. The maximum atomic E-state index is 14.1. The normalized spacial score (nSPS) is 27.9. The van der Waals surface area contributed by atoms with Crippen molar-refractivity contribution in [2.75, 3.05) is 86.4 Å². The molecule has 8 saturated heterocycles. The number of hydrogen-bond acceptors (Lipinski definition) is 17. The first-order valence-electron chi connectivity index (χ1n) is 40.2. The Hall–Kier alpha value is -5.19. The number of nitrogens with one attached hydrogen (secondary N) is 2. The van der Waals surface area contributed by atoms with Gasteiger partial charge in [0.1, 0.15) is 11.6 Å². The maximum absolute atomic E-state index is 14.1. The number of carbonyl (C=O) groups excluding carboxylic acids is 6. The minimum atomic E-state index is -0.527. The van der Waals surface area contributed by atoms with Gasteiger partial charge < -0.3 is 67.3 Å². The summed E-state index contributed by atoms with van der Waals surface area (Å²) in [5.74, 6) is 1.23. The lowest BCUT2D eigenvalue weighted by Crippen LogP contribution is -2.57. The molecule has 19 rings (SSSR count). The van der Waals surface area contributed by atoms with Crippen LogP contribution in [0.4, 0.5) is 22.7 Å². The van der Waals surface area contributed by atoms with Crippen LogP contribution in [0.2, 0.25) is 0 Å². The van der Waals surface area contributed by atoms with Crippen molar-refractivity contribution in [3.8, 4) is 0 Å². The second-order valence-corrected chi connectivity index (χ2v) is 39.4. The second kappa shape index (κ2) is 29.2. The predicted octanol–water partition coefficient (Wildman–Crippen LogP) is 11.3. The summed E-state index contributed by atoms with van der Waals surface area (Å²) < 4.78 is 60.5. The van der Waals surface area contributed by atoms with Gasteiger partial charge in [0.2, 0.25) is 23.6 Å². The van der Waals surface area contributed by atoms with E-state index in [-0.39, 0.29) is 58.1 Å². The molecule has 26 heteroatoms. The van der Waals surface area contributed by atoms with Crippen molar-refractivity contribution in [1.29, 1.82) is 0 Å². The van der Waals surface area contributed by atoms with Crippen molar-refractivity contribution < 1.29 is 75.6 Å². The average Bonchev–Trinajstić information content (AvgIpc) is 1.55. The molecule has 0 aromatic heterocycles. The lowest BCUT2D eigenvalue weighted by Gasteiger charge is -2.46. The van der Waals surface area contributed by atoms with E-state index in [4.69, 9.17) is 46.9 Å². The Labute approximate surface area is 666 Å². The lowest BCUT2D eigenvalue weighted by molar-refractivity contribution is -0.130. The summed E-state index contributed by atoms with van der Waals surface area (Å²) in [5, 5.41) is 6.03. The molecular weight excluding hydrogens is 1530 g/mol. The Bertz CT molecular complexity index is 4220. The van der Waals surface area contributed by atoms with E-state index < -0.39 is 60.0 Å². The van der Waals surface area contributed by atoms with E-state index in [0.29, 0.717) is 101 Å². The molecule has 0 atom stereocenters. The van der Waals surface area contributed by atoms with Crippen LogP contribution in [0.25, 0.3) is 0 Å². The van der Waals surface area contributed by atoms with Gasteiger partial charge in [-0.2, -0.15) is 0 Å². The van der Waals surface area contributed by atoms with E-state index in [1.807, 2.05) is 103 Å². The number of likely N-dealkylation sites (tertiary alicyclic amines) is 1. The second-order valence-electron chi connectivity index (χ2n) is 37.2. The first-order chi connectivity index (χ1) is 51.8. The molecule has 3 saturated carbocycles. The Balaban J connectivity index is 0.000000117. The largest absolute Gasteiger partial charge is 0.494 e. The van der Waals surface area contributed by atoms with E-state index >= 15 is 0 Å². The molecule has 4 spiro atoms. The van der Waals surface area contributed by atoms with Crippen LogP contribution >= 0.6 is 31.9 Å². The fourth-order valence-corrected chi connectivity index (χ4v) is 19.7. The number of carbonyl (C=O) groups is 6. The van der Waals surface area contributed by atoms with Gasteiger partial charge in [0.05, 0.1) is 61.3 Å². The van der Waals surface area contributed by atoms with E-state index in [1.165, 1.54) is 25.1 Å². The molecule has 15 aliphatic rings. The Kier molecular flexibility index (Phi) is 21.3. The molecule has 21 nitrogen and oxygen atoms in total. The van der Waals surface area contributed by atoms with Crippen LogP contribution in [0.15, 0.2) is 77.3 Å². The zero-order valence-corrected chi connectivity index (χ0v) is 69.9. The van der Waals surface area contributed by atoms with Crippen LogP contribution in [-0.2, 0) is 97.3 Å². The van der Waals surface area contributed by atoms with Crippen LogP contribution in [0.3, 0.4) is 0 Å².